The molecule has 33 heavy (non-hydrogen) atoms. The van der Waals surface area contributed by atoms with E-state index in [1.807, 2.05) is 32.0 Å². The van der Waals surface area contributed by atoms with Crippen LogP contribution in [-0.2, 0) is 16.0 Å². The first kappa shape index (κ1) is 24.1. The number of nitrogens with zero attached hydrogens (tertiary/aromatic N) is 1. The van der Waals surface area contributed by atoms with E-state index in [2.05, 4.69) is 11.9 Å². The van der Waals surface area contributed by atoms with Crippen molar-refractivity contribution in [3.05, 3.63) is 70.1 Å². The Labute approximate surface area is 197 Å². The number of hydrogen-bond donors (Lipinski definition) is 1. The lowest BCUT2D eigenvalue weighted by Gasteiger charge is -2.14. The molecule has 2 aromatic rings. The summed E-state index contributed by atoms with van der Waals surface area (Å²) < 4.78 is 10.8. The first-order valence-electron chi connectivity index (χ1n) is 10.3. The van der Waals surface area contributed by atoms with E-state index in [1.54, 1.807) is 31.4 Å². The monoisotopic (exact) mass is 466 g/mol. The number of amides is 3. The molecule has 3 rings (SSSR count). The van der Waals surface area contributed by atoms with Crippen LogP contribution >= 0.6 is 11.8 Å². The van der Waals surface area contributed by atoms with Crippen LogP contribution in [0, 0.1) is 13.8 Å². The highest BCUT2D eigenvalue weighted by Crippen LogP contribution is 2.37. The van der Waals surface area contributed by atoms with Crippen LogP contribution in [0.2, 0.25) is 0 Å². The van der Waals surface area contributed by atoms with Crippen LogP contribution in [0.5, 0.6) is 11.5 Å². The zero-order valence-corrected chi connectivity index (χ0v) is 19.9. The van der Waals surface area contributed by atoms with Crippen LogP contribution in [0.4, 0.5) is 10.5 Å². The maximum atomic E-state index is 12.9. The fourth-order valence-electron chi connectivity index (χ4n) is 3.41. The van der Waals surface area contributed by atoms with Gasteiger partial charge in [-0.3, -0.25) is 19.3 Å². The Hall–Kier alpha value is -3.52. The van der Waals surface area contributed by atoms with Gasteiger partial charge in [0.15, 0.2) is 11.5 Å². The standard InChI is InChI=1S/C25H26N2O5S/c1-6-7-18-11-17(12-20(31-4)23(18)32-5)13-21-24(29)27(25(30)33-21)14-22(28)26-19-9-8-15(2)16(3)10-19/h6,8-13H,1,7,14H2,2-5H3,(H,26,28)/b21-13-. The van der Waals surface area contributed by atoms with Gasteiger partial charge in [-0.15, -0.1) is 6.58 Å². The molecule has 0 bridgehead atoms. The van der Waals surface area contributed by atoms with E-state index >= 15 is 0 Å². The summed E-state index contributed by atoms with van der Waals surface area (Å²) >= 11 is 0.798. The molecule has 1 fully saturated rings. The third-order valence-corrected chi connectivity index (χ3v) is 6.11. The van der Waals surface area contributed by atoms with E-state index in [1.165, 1.54) is 7.11 Å². The van der Waals surface area contributed by atoms with Crippen LogP contribution in [0.15, 0.2) is 47.9 Å². The van der Waals surface area contributed by atoms with E-state index in [-0.39, 0.29) is 11.4 Å². The number of allylic oxidation sites excluding steroid dienone is 1. The number of thioether (sulfide) groups is 1. The van der Waals surface area contributed by atoms with E-state index in [4.69, 9.17) is 9.47 Å². The first-order chi connectivity index (χ1) is 15.8. The van der Waals surface area contributed by atoms with Crippen LogP contribution in [0.1, 0.15) is 22.3 Å². The number of imide groups is 1. The number of anilines is 1. The Morgan fingerprint density at radius 3 is 2.52 bits per heavy atom. The van der Waals surface area contributed by atoms with Gasteiger partial charge in [-0.05, 0) is 79.1 Å². The van der Waals surface area contributed by atoms with Gasteiger partial charge in [0.1, 0.15) is 6.54 Å². The van der Waals surface area contributed by atoms with Gasteiger partial charge >= 0.3 is 0 Å². The van der Waals surface area contributed by atoms with Crippen LogP contribution in [0.3, 0.4) is 0 Å². The third kappa shape index (κ3) is 5.46. The van der Waals surface area contributed by atoms with Gasteiger partial charge in [0.25, 0.3) is 11.1 Å². The summed E-state index contributed by atoms with van der Waals surface area (Å²) in [5.74, 6) is 0.141. The molecule has 0 aliphatic carbocycles. The lowest BCUT2D eigenvalue weighted by atomic mass is 10.0. The SMILES string of the molecule is C=CCc1cc(/C=C2\SC(=O)N(CC(=O)Nc3ccc(C)c(C)c3)C2=O)cc(OC)c1OC. The van der Waals surface area contributed by atoms with Crippen molar-refractivity contribution in [1.82, 2.24) is 4.90 Å². The van der Waals surface area contributed by atoms with Crippen molar-refractivity contribution in [3.63, 3.8) is 0 Å². The maximum Gasteiger partial charge on any atom is 0.294 e. The summed E-state index contributed by atoms with van der Waals surface area (Å²) in [5, 5.41) is 2.25. The highest BCUT2D eigenvalue weighted by molar-refractivity contribution is 8.18. The van der Waals surface area contributed by atoms with Crippen molar-refractivity contribution in [3.8, 4) is 11.5 Å². The second-order valence-corrected chi connectivity index (χ2v) is 8.52. The molecule has 1 N–H and O–H groups in total. The summed E-state index contributed by atoms with van der Waals surface area (Å²) in [5.41, 5.74) is 4.27. The number of benzene rings is 2. The Morgan fingerprint density at radius 2 is 1.88 bits per heavy atom. The molecule has 0 spiro atoms. The molecule has 1 aliphatic rings. The molecule has 0 radical (unpaired) electrons. The maximum absolute atomic E-state index is 12.9. The molecule has 0 saturated carbocycles. The number of hydrogen-bond acceptors (Lipinski definition) is 6. The molecule has 7 nitrogen and oxygen atoms in total. The molecule has 3 amide bonds. The van der Waals surface area contributed by atoms with Gasteiger partial charge in [-0.25, -0.2) is 0 Å². The topological polar surface area (TPSA) is 84.9 Å². The minimum Gasteiger partial charge on any atom is -0.493 e. The minimum atomic E-state index is -0.514. The van der Waals surface area contributed by atoms with Gasteiger partial charge in [0, 0.05) is 11.3 Å². The molecule has 1 saturated heterocycles. The van der Waals surface area contributed by atoms with Crippen molar-refractivity contribution in [2.45, 2.75) is 20.3 Å². The second-order valence-electron chi connectivity index (χ2n) is 7.52. The summed E-state index contributed by atoms with van der Waals surface area (Å²) in [6.45, 7) is 7.32. The molecular formula is C25H26N2O5S. The fourth-order valence-corrected chi connectivity index (χ4v) is 4.25. The number of aryl methyl sites for hydroxylation is 2. The molecule has 0 atom stereocenters. The van der Waals surface area contributed by atoms with Crippen molar-refractivity contribution in [1.29, 1.82) is 0 Å². The van der Waals surface area contributed by atoms with E-state index in [0.29, 0.717) is 29.2 Å². The van der Waals surface area contributed by atoms with E-state index < -0.39 is 17.1 Å². The predicted octanol–water partition coefficient (Wildman–Crippen LogP) is 4.72. The predicted molar refractivity (Wildman–Crippen MR) is 131 cm³/mol. The lowest BCUT2D eigenvalue weighted by molar-refractivity contribution is -0.127. The number of methoxy groups -OCH3 is 2. The molecule has 8 heteroatoms. The zero-order valence-electron chi connectivity index (χ0n) is 19.1. The van der Waals surface area contributed by atoms with Crippen molar-refractivity contribution in [2.24, 2.45) is 0 Å². The quantitative estimate of drug-likeness (QED) is 0.447. The number of ether oxygens (including phenoxy) is 2. The van der Waals surface area contributed by atoms with Crippen LogP contribution in [-0.4, -0.2) is 42.7 Å². The molecule has 0 aromatic heterocycles. The molecular weight excluding hydrogens is 440 g/mol. The van der Waals surface area contributed by atoms with Crippen LogP contribution in [0.25, 0.3) is 6.08 Å². The molecule has 0 unspecified atom stereocenters. The smallest absolute Gasteiger partial charge is 0.294 e. The molecule has 172 valence electrons. The number of carbonyl (C=O) groups is 3. The molecule has 1 aliphatic heterocycles. The highest BCUT2D eigenvalue weighted by Gasteiger charge is 2.36. The van der Waals surface area contributed by atoms with Crippen molar-refractivity contribution >= 4 is 40.6 Å². The van der Waals surface area contributed by atoms with Crippen molar-refractivity contribution in [2.75, 3.05) is 26.1 Å². The average molecular weight is 467 g/mol. The normalized spacial score (nSPS) is 14.5. The van der Waals surface area contributed by atoms with Gasteiger partial charge in [0.2, 0.25) is 5.91 Å². The third-order valence-electron chi connectivity index (χ3n) is 5.21. The Kier molecular flexibility index (Phi) is 7.60. The van der Waals surface area contributed by atoms with E-state index in [9.17, 15) is 14.4 Å². The highest BCUT2D eigenvalue weighted by atomic mass is 32.2. The zero-order chi connectivity index (χ0) is 24.1. The summed E-state index contributed by atoms with van der Waals surface area (Å²) in [7, 11) is 3.08. The lowest BCUT2D eigenvalue weighted by Crippen LogP contribution is -2.36. The fraction of sp³-hybridized carbons (Fsp3) is 0.240. The molecule has 1 heterocycles. The molecule has 2 aromatic carbocycles. The Bertz CT molecular complexity index is 1160. The first-order valence-corrected chi connectivity index (χ1v) is 11.1. The van der Waals surface area contributed by atoms with Gasteiger partial charge in [0.05, 0.1) is 19.1 Å². The second kappa shape index (κ2) is 10.4. The van der Waals surface area contributed by atoms with Crippen LogP contribution < -0.4 is 14.8 Å². The number of nitrogens with one attached hydrogen (secondary N) is 1. The van der Waals surface area contributed by atoms with Crippen molar-refractivity contribution < 1.29 is 23.9 Å². The Balaban J connectivity index is 1.79. The summed E-state index contributed by atoms with van der Waals surface area (Å²) in [6.07, 6.45) is 3.89. The van der Waals surface area contributed by atoms with Gasteiger partial charge in [-0.2, -0.15) is 0 Å². The van der Waals surface area contributed by atoms with Gasteiger partial charge < -0.3 is 14.8 Å². The van der Waals surface area contributed by atoms with E-state index in [0.717, 1.165) is 33.4 Å². The number of carbonyl (C=O) groups excluding carboxylic acids is 3. The Morgan fingerprint density at radius 1 is 1.12 bits per heavy atom. The minimum absolute atomic E-state index is 0.232. The summed E-state index contributed by atoms with van der Waals surface area (Å²) in [6, 6.07) is 9.11. The average Bonchev–Trinajstić information content (AvgIpc) is 3.03. The van der Waals surface area contributed by atoms with Gasteiger partial charge in [-0.1, -0.05) is 12.1 Å². The number of rotatable bonds is 8. The largest absolute Gasteiger partial charge is 0.493 e. The summed E-state index contributed by atoms with van der Waals surface area (Å²) in [4.78, 5) is 39.0.